The minimum atomic E-state index is -3.06. The van der Waals surface area contributed by atoms with Gasteiger partial charge in [0.15, 0.2) is 11.7 Å². The second-order valence-electron chi connectivity index (χ2n) is 10.2. The Morgan fingerprint density at radius 1 is 1.24 bits per heavy atom. The molecule has 10 atom stereocenters. The van der Waals surface area contributed by atoms with E-state index >= 15 is 0 Å². The molecule has 9 heteroatoms. The average molecular weight is 422 g/mol. The molecule has 4 heterocycles. The Bertz CT molecular complexity index is 931. The zero-order valence-corrected chi connectivity index (χ0v) is 17.4. The maximum absolute atomic E-state index is 12.2. The summed E-state index contributed by atoms with van der Waals surface area (Å²) < 4.78 is 41.8. The second kappa shape index (κ2) is 4.79. The van der Waals surface area contributed by atoms with E-state index < -0.39 is 31.2 Å². The highest BCUT2D eigenvalue weighted by Gasteiger charge is 3.01. The smallest absolute Gasteiger partial charge is 0.488 e. The van der Waals surface area contributed by atoms with E-state index in [0.717, 1.165) is 24.0 Å². The highest BCUT2D eigenvalue weighted by molar-refractivity contribution is 7.30. The topological polar surface area (TPSA) is 113 Å². The zero-order valence-electron chi connectivity index (χ0n) is 16.5. The number of carbonyl (C=O) groups excluding carboxylic acids is 1. The molecule has 0 aromatic carbocycles. The summed E-state index contributed by atoms with van der Waals surface area (Å²) in [6, 6.07) is 0. The predicted molar refractivity (Wildman–Crippen MR) is 93.6 cm³/mol. The number of esters is 1. The van der Waals surface area contributed by atoms with Gasteiger partial charge >= 0.3 is 14.2 Å². The number of epoxide rings is 3. The fraction of sp³-hybridized carbons (Fsp3) is 0.850. The third-order valence-electron chi connectivity index (χ3n) is 9.26. The van der Waals surface area contributed by atoms with Crippen molar-refractivity contribution in [1.29, 1.82) is 0 Å². The summed E-state index contributed by atoms with van der Waals surface area (Å²) in [7, 11) is -3.06. The van der Waals surface area contributed by atoms with Gasteiger partial charge in [-0.3, -0.25) is 0 Å². The number of carbonyl (C=O) groups is 1. The molecule has 4 aliphatic heterocycles. The molecule has 5 fully saturated rings. The summed E-state index contributed by atoms with van der Waals surface area (Å²) in [4.78, 5) is 23.8. The molecular weight excluding hydrogens is 399 g/mol. The van der Waals surface area contributed by atoms with Crippen LogP contribution in [0.1, 0.15) is 40.0 Å². The van der Waals surface area contributed by atoms with Gasteiger partial charge in [-0.25, -0.2) is 4.79 Å². The van der Waals surface area contributed by atoms with Crippen LogP contribution in [0.5, 0.6) is 0 Å². The van der Waals surface area contributed by atoms with Gasteiger partial charge in [0.1, 0.15) is 30.0 Å². The van der Waals surface area contributed by atoms with E-state index in [1.54, 1.807) is 0 Å². The average Bonchev–Trinajstić information content (AvgIpc) is 3.53. The first-order valence-electron chi connectivity index (χ1n) is 10.5. The van der Waals surface area contributed by atoms with Gasteiger partial charge < -0.3 is 23.8 Å². The molecule has 0 bridgehead atoms. The number of cyclic esters (lactones) is 1. The Balaban J connectivity index is 1.38. The van der Waals surface area contributed by atoms with Crippen molar-refractivity contribution in [1.82, 2.24) is 0 Å². The number of rotatable bonds is 3. The SMILES string of the molecule is CC(C)[C@]12O[C@H]1C1O[C@]13[C@]1(O[C@H]1C[C@H]1C4=C(CC[C@@]13C)C(=O)OC4)[C@@H]2O[P+](=O)[O-]. The van der Waals surface area contributed by atoms with Gasteiger partial charge in [-0.05, 0) is 41.2 Å². The van der Waals surface area contributed by atoms with Gasteiger partial charge in [0.05, 0.1) is 6.10 Å². The predicted octanol–water partition coefficient (Wildman–Crippen LogP) is 1.15. The molecule has 2 saturated carbocycles. The Morgan fingerprint density at radius 2 is 2.03 bits per heavy atom. The van der Waals surface area contributed by atoms with Gasteiger partial charge in [-0.15, -0.1) is 4.52 Å². The van der Waals surface area contributed by atoms with E-state index in [1.165, 1.54) is 0 Å². The van der Waals surface area contributed by atoms with Crippen LogP contribution in [0.2, 0.25) is 0 Å². The van der Waals surface area contributed by atoms with Crippen molar-refractivity contribution in [3.63, 3.8) is 0 Å². The van der Waals surface area contributed by atoms with E-state index in [1.807, 2.05) is 13.8 Å². The largest absolute Gasteiger partial charge is 0.566 e. The van der Waals surface area contributed by atoms with Crippen LogP contribution in [0.4, 0.5) is 0 Å². The second-order valence-corrected chi connectivity index (χ2v) is 10.9. The van der Waals surface area contributed by atoms with E-state index in [4.69, 9.17) is 23.5 Å². The molecule has 156 valence electrons. The van der Waals surface area contributed by atoms with E-state index in [0.29, 0.717) is 13.0 Å². The van der Waals surface area contributed by atoms with E-state index in [9.17, 15) is 14.3 Å². The summed E-state index contributed by atoms with van der Waals surface area (Å²) in [5.41, 5.74) is -0.530. The highest BCUT2D eigenvalue weighted by Crippen LogP contribution is 2.83. The first-order valence-corrected chi connectivity index (χ1v) is 11.6. The van der Waals surface area contributed by atoms with Crippen LogP contribution < -0.4 is 4.89 Å². The van der Waals surface area contributed by atoms with Gasteiger partial charge in [0, 0.05) is 11.0 Å². The van der Waals surface area contributed by atoms with Crippen LogP contribution >= 0.6 is 8.25 Å². The van der Waals surface area contributed by atoms with Crippen molar-refractivity contribution in [2.24, 2.45) is 17.3 Å². The fourth-order valence-electron chi connectivity index (χ4n) is 7.91. The fourth-order valence-corrected chi connectivity index (χ4v) is 8.40. The summed E-state index contributed by atoms with van der Waals surface area (Å²) in [6.07, 6.45) is 0.948. The lowest BCUT2D eigenvalue weighted by Crippen LogP contribution is -2.69. The third kappa shape index (κ3) is 1.61. The Hall–Kier alpha value is -0.890. The van der Waals surface area contributed by atoms with Crippen LogP contribution in [0, 0.1) is 17.3 Å². The number of hydrogen-bond acceptors (Lipinski definition) is 8. The van der Waals surface area contributed by atoms with Crippen molar-refractivity contribution in [3.8, 4) is 0 Å². The first-order chi connectivity index (χ1) is 13.7. The number of hydrogen-bond donors (Lipinski definition) is 0. The van der Waals surface area contributed by atoms with Crippen molar-refractivity contribution >= 4 is 14.2 Å². The van der Waals surface area contributed by atoms with E-state index in [-0.39, 0.29) is 41.5 Å². The van der Waals surface area contributed by atoms with Gasteiger partial charge in [0.25, 0.3) is 0 Å². The molecule has 7 aliphatic rings. The van der Waals surface area contributed by atoms with Crippen molar-refractivity contribution < 1.29 is 37.7 Å². The molecule has 0 amide bonds. The minimum Gasteiger partial charge on any atom is -0.566 e. The molecule has 29 heavy (non-hydrogen) atoms. The maximum atomic E-state index is 12.2. The molecule has 2 spiro atoms. The Labute approximate surface area is 168 Å². The minimum absolute atomic E-state index is 0.0703. The molecule has 2 unspecified atom stereocenters. The Morgan fingerprint density at radius 3 is 2.76 bits per heavy atom. The standard InChI is InChI=1S/C20H23O8P/c1-8(2)18-13(26-18)14-20(27-14)17(3)5-4-9-10(7-24-15(9)21)11(17)6-12-19(20,25-12)16(18)28-29(22)23/h8,11-14,16H,4-7H2,1-3H3/t11-,12-,13-,14?,16+,17-,18-,19+,20+/m0/s1. The zero-order chi connectivity index (χ0) is 20.1. The summed E-state index contributed by atoms with van der Waals surface area (Å²) in [5.74, 6) is -0.00450. The van der Waals surface area contributed by atoms with Crippen LogP contribution in [-0.4, -0.2) is 53.8 Å². The molecule has 0 radical (unpaired) electrons. The lowest BCUT2D eigenvalue weighted by molar-refractivity contribution is -0.199. The number of fused-ring (bicyclic) bond motifs is 4. The molecule has 0 aromatic heterocycles. The molecule has 3 aliphatic carbocycles. The van der Waals surface area contributed by atoms with Gasteiger partial charge in [-0.1, -0.05) is 20.8 Å². The number of ether oxygens (including phenoxy) is 4. The van der Waals surface area contributed by atoms with Crippen molar-refractivity contribution in [3.05, 3.63) is 11.1 Å². The third-order valence-corrected chi connectivity index (χ3v) is 9.64. The molecular formula is C20H23O8P. The van der Waals surface area contributed by atoms with Crippen LogP contribution in [-0.2, 0) is 32.8 Å². The lowest BCUT2D eigenvalue weighted by atomic mass is 9.46. The van der Waals surface area contributed by atoms with Crippen molar-refractivity contribution in [2.45, 2.75) is 81.3 Å². The lowest BCUT2D eigenvalue weighted by Gasteiger charge is -2.53. The monoisotopic (exact) mass is 422 g/mol. The molecule has 0 N–H and O–H groups in total. The summed E-state index contributed by atoms with van der Waals surface area (Å²) in [6.45, 7) is 6.62. The molecule has 0 aromatic rings. The van der Waals surface area contributed by atoms with Gasteiger partial charge in [0.2, 0.25) is 0 Å². The Kier molecular flexibility index (Phi) is 2.93. The highest BCUT2D eigenvalue weighted by atomic mass is 31.1. The van der Waals surface area contributed by atoms with Crippen LogP contribution in [0.15, 0.2) is 11.1 Å². The van der Waals surface area contributed by atoms with Crippen molar-refractivity contribution in [2.75, 3.05) is 6.61 Å². The normalized spacial score (nSPS) is 58.3. The molecule has 7 rings (SSSR count). The van der Waals surface area contributed by atoms with E-state index in [2.05, 4.69) is 6.92 Å². The van der Waals surface area contributed by atoms with Gasteiger partial charge in [-0.2, -0.15) is 0 Å². The molecule has 3 saturated heterocycles. The quantitative estimate of drug-likeness (QED) is 0.378. The summed E-state index contributed by atoms with van der Waals surface area (Å²) in [5, 5.41) is 0. The van der Waals surface area contributed by atoms with Crippen LogP contribution in [0.3, 0.4) is 0 Å². The van der Waals surface area contributed by atoms with Crippen LogP contribution in [0.25, 0.3) is 0 Å². The maximum Gasteiger partial charge on any atom is 0.488 e. The summed E-state index contributed by atoms with van der Waals surface area (Å²) >= 11 is 0. The first kappa shape index (κ1) is 17.8. The molecule has 8 nitrogen and oxygen atoms in total.